The molecule has 0 aromatic heterocycles. The van der Waals surface area contributed by atoms with Crippen LogP contribution in [-0.4, -0.2) is 11.2 Å². The minimum atomic E-state index is -0.0787. The molecule has 0 bridgehead atoms. The van der Waals surface area contributed by atoms with E-state index < -0.39 is 0 Å². The average Bonchev–Trinajstić information content (AvgIpc) is 3.08. The molecule has 3 saturated carbocycles. The highest BCUT2D eigenvalue weighted by molar-refractivity contribution is 5.25. The fourth-order valence-electron chi connectivity index (χ4n) is 9.08. The number of aliphatic hydroxyl groups excluding tert-OH is 1. The third-order valence-electron chi connectivity index (χ3n) is 11.5. The topological polar surface area (TPSA) is 20.2 Å². The van der Waals surface area contributed by atoms with Crippen LogP contribution in [0.4, 0.5) is 0 Å². The molecule has 0 aromatic rings. The molecule has 1 heteroatoms. The molecule has 1 nitrogen and oxygen atoms in total. The number of aliphatic hydroxyl groups is 1. The summed E-state index contributed by atoms with van der Waals surface area (Å²) in [6, 6.07) is 0. The summed E-state index contributed by atoms with van der Waals surface area (Å²) in [6.45, 7) is 15.1. The van der Waals surface area contributed by atoms with E-state index in [1.807, 2.05) is 0 Å². The zero-order valence-corrected chi connectivity index (χ0v) is 21.6. The third kappa shape index (κ3) is 4.31. The van der Waals surface area contributed by atoms with E-state index >= 15 is 0 Å². The number of unbranched alkanes of at least 4 members (excludes halogenated alkanes) is 1. The van der Waals surface area contributed by atoms with Crippen molar-refractivity contribution in [2.24, 2.45) is 52.3 Å². The van der Waals surface area contributed by atoms with Gasteiger partial charge < -0.3 is 5.11 Å². The zero-order chi connectivity index (χ0) is 22.4. The van der Waals surface area contributed by atoms with Crippen LogP contribution in [0.3, 0.4) is 0 Å². The van der Waals surface area contributed by atoms with Crippen molar-refractivity contribution in [2.75, 3.05) is 0 Å². The minimum Gasteiger partial charge on any atom is -0.393 e. The van der Waals surface area contributed by atoms with Crippen LogP contribution in [0.25, 0.3) is 0 Å². The summed E-state index contributed by atoms with van der Waals surface area (Å²) >= 11 is 0. The van der Waals surface area contributed by atoms with Crippen molar-refractivity contribution in [3.05, 3.63) is 11.6 Å². The predicted octanol–water partition coefficient (Wildman–Crippen LogP) is 8.41. The van der Waals surface area contributed by atoms with Gasteiger partial charge in [-0.05, 0) is 104 Å². The monoisotopic (exact) mass is 428 g/mol. The quantitative estimate of drug-likeness (QED) is 0.319. The summed E-state index contributed by atoms with van der Waals surface area (Å²) in [5.74, 6) is 6.30. The van der Waals surface area contributed by atoms with Crippen LogP contribution >= 0.6 is 0 Å². The maximum absolute atomic E-state index is 10.3. The van der Waals surface area contributed by atoms with Gasteiger partial charge in [0, 0.05) is 0 Å². The second-order valence-electron chi connectivity index (χ2n) is 13.4. The lowest BCUT2D eigenvalue weighted by Crippen LogP contribution is -2.50. The van der Waals surface area contributed by atoms with E-state index in [0.29, 0.717) is 10.8 Å². The minimum absolute atomic E-state index is 0.0787. The van der Waals surface area contributed by atoms with Crippen LogP contribution in [0.5, 0.6) is 0 Å². The average molecular weight is 429 g/mol. The zero-order valence-electron chi connectivity index (χ0n) is 21.6. The third-order valence-corrected chi connectivity index (χ3v) is 11.5. The van der Waals surface area contributed by atoms with E-state index in [-0.39, 0.29) is 6.10 Å². The molecule has 0 spiro atoms. The molecule has 3 fully saturated rings. The van der Waals surface area contributed by atoms with Crippen molar-refractivity contribution in [3.63, 3.8) is 0 Å². The van der Waals surface area contributed by atoms with E-state index in [2.05, 4.69) is 47.6 Å². The summed E-state index contributed by atoms with van der Waals surface area (Å²) in [5, 5.41) is 10.3. The van der Waals surface area contributed by atoms with Crippen molar-refractivity contribution in [3.8, 4) is 0 Å². The molecular weight excluding hydrogens is 376 g/mol. The van der Waals surface area contributed by atoms with Crippen molar-refractivity contribution < 1.29 is 5.11 Å². The molecule has 0 saturated heterocycles. The first-order valence-electron chi connectivity index (χ1n) is 14.0. The number of hydrogen-bond donors (Lipinski definition) is 1. The maximum Gasteiger partial charge on any atom is 0.0577 e. The molecule has 4 rings (SSSR count). The number of fused-ring (bicyclic) bond motifs is 5. The van der Waals surface area contributed by atoms with E-state index in [0.717, 1.165) is 54.3 Å². The second kappa shape index (κ2) is 9.15. The van der Waals surface area contributed by atoms with Gasteiger partial charge in [0.1, 0.15) is 0 Å². The first-order chi connectivity index (χ1) is 14.7. The van der Waals surface area contributed by atoms with Gasteiger partial charge in [0.25, 0.3) is 0 Å². The van der Waals surface area contributed by atoms with Crippen LogP contribution < -0.4 is 0 Å². The van der Waals surface area contributed by atoms with Crippen molar-refractivity contribution in [2.45, 2.75) is 125 Å². The highest BCUT2D eigenvalue weighted by Gasteiger charge is 2.59. The SMILES string of the molecule is CC(C)C(C)CCCCC(C)C1CCC2C3CC=C4CC(O)CCC4(C)C3CCC12C. The molecule has 1 N–H and O–H groups in total. The van der Waals surface area contributed by atoms with Crippen LogP contribution in [0.1, 0.15) is 119 Å². The molecule has 9 unspecified atom stereocenters. The highest BCUT2D eigenvalue weighted by atomic mass is 16.3. The Morgan fingerprint density at radius 2 is 1.68 bits per heavy atom. The Labute approximate surface area is 193 Å². The number of hydrogen-bond acceptors (Lipinski definition) is 1. The molecule has 9 atom stereocenters. The Hall–Kier alpha value is -0.300. The van der Waals surface area contributed by atoms with Gasteiger partial charge in [-0.25, -0.2) is 0 Å². The highest BCUT2D eigenvalue weighted by Crippen LogP contribution is 2.67. The Kier molecular flexibility index (Phi) is 7.04. The van der Waals surface area contributed by atoms with E-state index in [4.69, 9.17) is 0 Å². The van der Waals surface area contributed by atoms with Crippen LogP contribution in [-0.2, 0) is 0 Å². The molecule has 4 aliphatic carbocycles. The fourth-order valence-corrected chi connectivity index (χ4v) is 9.08. The van der Waals surface area contributed by atoms with Crippen molar-refractivity contribution in [1.29, 1.82) is 0 Å². The summed E-state index contributed by atoms with van der Waals surface area (Å²) in [4.78, 5) is 0. The molecule has 4 aliphatic rings. The van der Waals surface area contributed by atoms with Crippen molar-refractivity contribution in [1.82, 2.24) is 0 Å². The van der Waals surface area contributed by atoms with E-state index in [1.165, 1.54) is 64.2 Å². The summed E-state index contributed by atoms with van der Waals surface area (Å²) in [5.41, 5.74) is 2.59. The Morgan fingerprint density at radius 1 is 0.935 bits per heavy atom. The molecule has 0 heterocycles. The van der Waals surface area contributed by atoms with Crippen LogP contribution in [0.15, 0.2) is 11.6 Å². The molecule has 0 radical (unpaired) electrons. The molecule has 178 valence electrons. The van der Waals surface area contributed by atoms with Gasteiger partial charge in [0.2, 0.25) is 0 Å². The van der Waals surface area contributed by atoms with Gasteiger partial charge in [-0.3, -0.25) is 0 Å². The molecule has 31 heavy (non-hydrogen) atoms. The van der Waals surface area contributed by atoms with E-state index in [9.17, 15) is 5.11 Å². The van der Waals surface area contributed by atoms with Gasteiger partial charge >= 0.3 is 0 Å². The smallest absolute Gasteiger partial charge is 0.0577 e. The summed E-state index contributed by atoms with van der Waals surface area (Å²) in [6.07, 6.45) is 18.6. The Balaban J connectivity index is 1.39. The fraction of sp³-hybridized carbons (Fsp3) is 0.933. The van der Waals surface area contributed by atoms with Crippen LogP contribution in [0.2, 0.25) is 0 Å². The second-order valence-corrected chi connectivity index (χ2v) is 13.4. The summed E-state index contributed by atoms with van der Waals surface area (Å²) in [7, 11) is 0. The maximum atomic E-state index is 10.3. The van der Waals surface area contributed by atoms with Gasteiger partial charge in [-0.1, -0.05) is 78.9 Å². The lowest BCUT2D eigenvalue weighted by Gasteiger charge is -2.58. The first-order valence-corrected chi connectivity index (χ1v) is 14.0. The molecule has 0 aliphatic heterocycles. The lowest BCUT2D eigenvalue weighted by atomic mass is 9.47. The van der Waals surface area contributed by atoms with Gasteiger partial charge in [-0.15, -0.1) is 0 Å². The lowest BCUT2D eigenvalue weighted by molar-refractivity contribution is -0.0572. The normalized spacial score (nSPS) is 44.3. The standard InChI is InChI=1S/C30H52O/c1-20(2)21(3)9-7-8-10-22(4)26-13-14-27-25-12-11-23-19-24(31)15-17-29(23,5)28(25)16-18-30(26,27)6/h11,20-22,24-28,31H,7-10,12-19H2,1-6H3. The molecule has 0 aromatic carbocycles. The largest absolute Gasteiger partial charge is 0.393 e. The van der Waals surface area contributed by atoms with Gasteiger partial charge in [-0.2, -0.15) is 0 Å². The molecular formula is C30H52O. The summed E-state index contributed by atoms with van der Waals surface area (Å²) < 4.78 is 0. The van der Waals surface area contributed by atoms with Crippen molar-refractivity contribution >= 4 is 0 Å². The first kappa shape index (κ1) is 23.8. The molecule has 0 amide bonds. The Bertz CT molecular complexity index is 649. The number of rotatable bonds is 7. The van der Waals surface area contributed by atoms with Crippen LogP contribution in [0, 0.1) is 52.3 Å². The number of allylic oxidation sites excluding steroid dienone is 1. The van der Waals surface area contributed by atoms with Gasteiger partial charge in [0.15, 0.2) is 0 Å². The predicted molar refractivity (Wildman–Crippen MR) is 133 cm³/mol. The Morgan fingerprint density at radius 3 is 2.42 bits per heavy atom. The van der Waals surface area contributed by atoms with E-state index in [1.54, 1.807) is 5.57 Å². The van der Waals surface area contributed by atoms with Gasteiger partial charge in [0.05, 0.1) is 6.10 Å².